The van der Waals surface area contributed by atoms with Gasteiger partial charge in [-0.15, -0.1) is 11.8 Å². The Morgan fingerprint density at radius 1 is 0.932 bits per heavy atom. The molecule has 15 nitrogen and oxygen atoms in total. The molecule has 4 aromatic rings. The first kappa shape index (κ1) is 40.4. The van der Waals surface area contributed by atoms with Crippen LogP contribution in [-0.2, 0) is 55.6 Å². The molecule has 308 valence electrons. The summed E-state index contributed by atoms with van der Waals surface area (Å²) in [6.45, 7) is 3.58. The van der Waals surface area contributed by atoms with Gasteiger partial charge in [0, 0.05) is 31.0 Å². The number of hydrogen-bond acceptors (Lipinski definition) is 12. The van der Waals surface area contributed by atoms with Gasteiger partial charge in [-0.2, -0.15) is 0 Å². The first-order valence-corrected chi connectivity index (χ1v) is 20.3. The van der Waals surface area contributed by atoms with Crippen LogP contribution in [0, 0.1) is 0 Å². The van der Waals surface area contributed by atoms with Crippen molar-refractivity contribution in [2.45, 2.75) is 74.5 Å². The predicted octanol–water partition coefficient (Wildman–Crippen LogP) is 3.35. The lowest BCUT2D eigenvalue weighted by atomic mass is 9.99. The third-order valence-corrected chi connectivity index (χ3v) is 11.8. The predicted molar refractivity (Wildman–Crippen MR) is 214 cm³/mol. The van der Waals surface area contributed by atoms with Crippen molar-refractivity contribution in [1.82, 2.24) is 19.8 Å². The second-order valence-electron chi connectivity index (χ2n) is 15.1. The van der Waals surface area contributed by atoms with Crippen molar-refractivity contribution in [2.75, 3.05) is 26.3 Å². The van der Waals surface area contributed by atoms with Gasteiger partial charge in [0.25, 0.3) is 11.5 Å². The minimum Gasteiger partial charge on any atom is -0.448 e. The molecule has 3 saturated heterocycles. The lowest BCUT2D eigenvalue weighted by molar-refractivity contribution is -0.205. The van der Waals surface area contributed by atoms with Crippen LogP contribution in [-0.4, -0.2) is 94.0 Å². The van der Waals surface area contributed by atoms with E-state index in [4.69, 9.17) is 28.4 Å². The molecule has 2 amide bonds. The van der Waals surface area contributed by atoms with Gasteiger partial charge in [-0.1, -0.05) is 91.0 Å². The molecule has 1 aromatic heterocycles. The maximum Gasteiger partial charge on any atom is 0.356 e. The number of H-pyrrole nitrogens is 1. The zero-order valence-electron chi connectivity index (χ0n) is 32.6. The van der Waals surface area contributed by atoms with Crippen molar-refractivity contribution >= 4 is 29.5 Å². The number of nitrogens with one attached hydrogen (secondary N) is 2. The molecule has 3 fully saturated rings. The van der Waals surface area contributed by atoms with Gasteiger partial charge in [0.2, 0.25) is 5.91 Å². The van der Waals surface area contributed by atoms with E-state index in [-0.39, 0.29) is 49.3 Å². The van der Waals surface area contributed by atoms with E-state index in [0.29, 0.717) is 16.7 Å². The fourth-order valence-corrected chi connectivity index (χ4v) is 9.34. The molecule has 0 spiro atoms. The smallest absolute Gasteiger partial charge is 0.356 e. The number of fused-ring (bicyclic) bond motifs is 2. The molecule has 0 bridgehead atoms. The summed E-state index contributed by atoms with van der Waals surface area (Å²) in [5, 5.41) is 2.24. The molecule has 4 aliphatic heterocycles. The number of benzene rings is 3. The molecule has 3 aromatic carbocycles. The van der Waals surface area contributed by atoms with E-state index in [1.165, 1.54) is 34.4 Å². The summed E-state index contributed by atoms with van der Waals surface area (Å²) in [6.07, 6.45) is -4.02. The minimum absolute atomic E-state index is 0.00387. The van der Waals surface area contributed by atoms with E-state index < -0.39 is 71.0 Å². The number of carbonyl (C=O) groups excluding carboxylic acids is 3. The van der Waals surface area contributed by atoms with Crippen molar-refractivity contribution in [3.8, 4) is 0 Å². The molecular weight excluding hydrogens is 781 g/mol. The number of nitrogens with zero attached hydrogens (tertiary/aromatic N) is 2. The number of methoxy groups -OCH3 is 1. The second-order valence-corrected chi connectivity index (χ2v) is 16.2. The Labute approximate surface area is 343 Å². The van der Waals surface area contributed by atoms with Crippen LogP contribution in [0.3, 0.4) is 0 Å². The zero-order valence-corrected chi connectivity index (χ0v) is 33.4. The lowest BCUT2D eigenvalue weighted by Gasteiger charge is -2.50. The largest absolute Gasteiger partial charge is 0.448 e. The number of hydrogen-bond donors (Lipinski definition) is 2. The summed E-state index contributed by atoms with van der Waals surface area (Å²) in [5.74, 6) is -2.44. The fraction of sp³-hybridized carbons (Fsp3) is 0.372. The number of aromatic amines is 1. The van der Waals surface area contributed by atoms with Gasteiger partial charge in [-0.25, -0.2) is 9.59 Å². The number of esters is 1. The topological polar surface area (TPSA) is 177 Å². The molecule has 0 saturated carbocycles. The van der Waals surface area contributed by atoms with E-state index >= 15 is 0 Å². The monoisotopic (exact) mass is 824 g/mol. The zero-order chi connectivity index (χ0) is 41.3. The van der Waals surface area contributed by atoms with Crippen LogP contribution < -0.4 is 16.6 Å². The normalized spacial score (nSPS) is 24.4. The Hall–Kier alpha value is -5.36. The quantitative estimate of drug-likeness (QED) is 0.0823. The molecule has 4 aliphatic rings. The van der Waals surface area contributed by atoms with Crippen LogP contribution in [0.1, 0.15) is 48.6 Å². The lowest BCUT2D eigenvalue weighted by Crippen LogP contribution is -2.70. The van der Waals surface area contributed by atoms with Crippen molar-refractivity contribution in [3.63, 3.8) is 0 Å². The van der Waals surface area contributed by atoms with Crippen molar-refractivity contribution in [3.05, 3.63) is 152 Å². The van der Waals surface area contributed by atoms with Crippen LogP contribution in [0.25, 0.3) is 0 Å². The van der Waals surface area contributed by atoms with E-state index in [0.717, 1.165) is 5.56 Å². The van der Waals surface area contributed by atoms with Gasteiger partial charge in [0.15, 0.2) is 18.1 Å². The van der Waals surface area contributed by atoms with Gasteiger partial charge >= 0.3 is 11.7 Å². The van der Waals surface area contributed by atoms with Crippen molar-refractivity contribution < 1.29 is 42.8 Å². The summed E-state index contributed by atoms with van der Waals surface area (Å²) in [7, 11) is 1.50. The first-order valence-electron chi connectivity index (χ1n) is 19.2. The molecule has 2 N–H and O–H groups in total. The summed E-state index contributed by atoms with van der Waals surface area (Å²) >= 11 is 1.35. The molecule has 8 rings (SSSR count). The fourth-order valence-electron chi connectivity index (χ4n) is 8.00. The third-order valence-electron chi connectivity index (χ3n) is 10.5. The van der Waals surface area contributed by atoms with Gasteiger partial charge in [0.05, 0.1) is 13.0 Å². The summed E-state index contributed by atoms with van der Waals surface area (Å²) in [4.78, 5) is 72.5. The van der Waals surface area contributed by atoms with Crippen LogP contribution >= 0.6 is 11.8 Å². The molecule has 16 heteroatoms. The molecule has 0 radical (unpaired) electrons. The number of rotatable bonds is 14. The maximum absolute atomic E-state index is 14.7. The number of carbonyl (C=O) groups is 3. The molecule has 6 atom stereocenters. The summed E-state index contributed by atoms with van der Waals surface area (Å²) in [5.41, 5.74) is 1.38. The standard InChI is InChI=1S/C43H44N4O11S/c1-43(2)57-36-30(22-54-24-53-3)55-39(37(36)58-43)46-29(21-32(49)45-42(46)52)20-28-23-59-40-33(44-31(48)19-25-13-7-4-8-14-25)38(50)47(40)34(28)41(51)56-35(26-15-9-5-10-16-26)27-17-11-6-12-18-27/h4-18,21,30,33,35-37,39-40H,19-20,22-24H2,1-3H3,(H,44,48)(H,45,49,52)/t30-,33-,36-,37-,39-,40-/m1/s1. The van der Waals surface area contributed by atoms with Crippen LogP contribution in [0.2, 0.25) is 0 Å². The third kappa shape index (κ3) is 8.42. The Morgan fingerprint density at radius 3 is 2.24 bits per heavy atom. The summed E-state index contributed by atoms with van der Waals surface area (Å²) < 4.78 is 37.1. The van der Waals surface area contributed by atoms with E-state index in [1.807, 2.05) is 91.0 Å². The summed E-state index contributed by atoms with van der Waals surface area (Å²) in [6, 6.07) is 28.0. The average Bonchev–Trinajstić information content (AvgIpc) is 3.72. The molecule has 0 unspecified atom stereocenters. The highest BCUT2D eigenvalue weighted by molar-refractivity contribution is 8.00. The van der Waals surface area contributed by atoms with E-state index in [9.17, 15) is 24.0 Å². The Kier molecular flexibility index (Phi) is 11.7. The van der Waals surface area contributed by atoms with E-state index in [1.54, 1.807) is 13.8 Å². The highest BCUT2D eigenvalue weighted by Crippen LogP contribution is 2.45. The minimum atomic E-state index is -1.06. The second kappa shape index (κ2) is 17.1. The number of β-lactam (4-membered cyclic amide) rings is 1. The van der Waals surface area contributed by atoms with Gasteiger partial charge in [-0.3, -0.25) is 28.8 Å². The van der Waals surface area contributed by atoms with E-state index in [2.05, 4.69) is 10.3 Å². The number of amides is 2. The Morgan fingerprint density at radius 2 is 1.58 bits per heavy atom. The molecule has 59 heavy (non-hydrogen) atoms. The Balaban J connectivity index is 1.16. The van der Waals surface area contributed by atoms with Gasteiger partial charge < -0.3 is 33.7 Å². The van der Waals surface area contributed by atoms with Crippen molar-refractivity contribution in [2.24, 2.45) is 0 Å². The van der Waals surface area contributed by atoms with Crippen LogP contribution in [0.15, 0.2) is 118 Å². The van der Waals surface area contributed by atoms with Crippen LogP contribution in [0.4, 0.5) is 0 Å². The van der Waals surface area contributed by atoms with Crippen LogP contribution in [0.5, 0.6) is 0 Å². The average molecular weight is 825 g/mol. The first-order chi connectivity index (χ1) is 28.5. The van der Waals surface area contributed by atoms with Gasteiger partial charge in [-0.05, 0) is 36.1 Å². The molecule has 5 heterocycles. The highest BCUT2D eigenvalue weighted by atomic mass is 32.2. The number of aromatic nitrogens is 2. The molecular formula is C43H44N4O11S. The number of ether oxygens (including phenoxy) is 6. The maximum atomic E-state index is 14.7. The van der Waals surface area contributed by atoms with Gasteiger partial charge in [0.1, 0.15) is 42.2 Å². The molecule has 0 aliphatic carbocycles. The van der Waals surface area contributed by atoms with Crippen molar-refractivity contribution in [1.29, 1.82) is 0 Å². The Bertz CT molecular complexity index is 2300. The SMILES string of the molecule is COCOC[C@H]1O[C@@H](n2c(CC3=C(C(=O)OC(c4ccccc4)c4ccccc4)N4C(=O)[C@@H](NC(=O)Cc5ccccc5)[C@H]4SC3)cc(=O)[nH]c2=O)[C@@H]2OC(C)(C)O[C@@H]21. The highest BCUT2D eigenvalue weighted by Gasteiger charge is 2.57. The number of thioether (sulfide) groups is 1.